The van der Waals surface area contributed by atoms with E-state index in [0.717, 1.165) is 32.0 Å². The lowest BCUT2D eigenvalue weighted by Crippen LogP contribution is -2.47. The number of para-hydroxylation sites is 1. The van der Waals surface area contributed by atoms with Crippen molar-refractivity contribution in [3.8, 4) is 0 Å². The molecular formula is C14H16N4O. The Morgan fingerprint density at radius 2 is 1.68 bits per heavy atom. The third kappa shape index (κ3) is 2.59. The maximum Gasteiger partial charge on any atom is 0.252 e. The van der Waals surface area contributed by atoms with Crippen LogP contribution >= 0.6 is 0 Å². The summed E-state index contributed by atoms with van der Waals surface area (Å²) in [6.45, 7) is 3.65. The molecule has 0 spiro atoms. The second kappa shape index (κ2) is 5.14. The van der Waals surface area contributed by atoms with Gasteiger partial charge in [-0.3, -0.25) is 4.79 Å². The number of aromatic nitrogens is 2. The van der Waals surface area contributed by atoms with Crippen molar-refractivity contribution in [1.82, 2.24) is 9.97 Å². The molecule has 1 aromatic heterocycles. The fourth-order valence-corrected chi connectivity index (χ4v) is 2.36. The van der Waals surface area contributed by atoms with Gasteiger partial charge in [0.2, 0.25) is 0 Å². The van der Waals surface area contributed by atoms with Crippen molar-refractivity contribution in [3.63, 3.8) is 0 Å². The SMILES string of the molecule is O=c1cc(N2CCN(c3ccccc3)CC2)nc[nH]1. The number of aromatic amines is 1. The van der Waals surface area contributed by atoms with E-state index in [1.165, 1.54) is 12.0 Å². The summed E-state index contributed by atoms with van der Waals surface area (Å²) in [5.74, 6) is 0.761. The number of nitrogens with zero attached hydrogens (tertiary/aromatic N) is 3. The van der Waals surface area contributed by atoms with Gasteiger partial charge in [-0.05, 0) is 12.1 Å². The minimum Gasteiger partial charge on any atom is -0.368 e. The Kier molecular flexibility index (Phi) is 3.18. The number of rotatable bonds is 2. The van der Waals surface area contributed by atoms with Crippen LogP contribution in [0.2, 0.25) is 0 Å². The van der Waals surface area contributed by atoms with Gasteiger partial charge in [0.15, 0.2) is 0 Å². The normalized spacial score (nSPS) is 15.6. The summed E-state index contributed by atoms with van der Waals surface area (Å²) in [6.07, 6.45) is 1.46. The fraction of sp³-hybridized carbons (Fsp3) is 0.286. The van der Waals surface area contributed by atoms with E-state index in [9.17, 15) is 4.79 Å². The number of hydrogen-bond donors (Lipinski definition) is 1. The fourth-order valence-electron chi connectivity index (χ4n) is 2.36. The molecule has 1 N–H and O–H groups in total. The average molecular weight is 256 g/mol. The van der Waals surface area contributed by atoms with Crippen LogP contribution in [0.15, 0.2) is 47.5 Å². The predicted molar refractivity (Wildman–Crippen MR) is 75.7 cm³/mol. The smallest absolute Gasteiger partial charge is 0.252 e. The number of benzene rings is 1. The molecule has 0 unspecified atom stereocenters. The molecule has 1 saturated heterocycles. The highest BCUT2D eigenvalue weighted by Crippen LogP contribution is 2.17. The minimum absolute atomic E-state index is 0.101. The van der Waals surface area contributed by atoms with Crippen molar-refractivity contribution in [2.75, 3.05) is 36.0 Å². The average Bonchev–Trinajstić information content (AvgIpc) is 2.48. The van der Waals surface area contributed by atoms with E-state index in [0.29, 0.717) is 0 Å². The highest BCUT2D eigenvalue weighted by atomic mass is 16.1. The molecule has 19 heavy (non-hydrogen) atoms. The van der Waals surface area contributed by atoms with Crippen molar-refractivity contribution >= 4 is 11.5 Å². The topological polar surface area (TPSA) is 52.2 Å². The molecule has 0 amide bonds. The second-order valence-electron chi connectivity index (χ2n) is 4.58. The number of nitrogens with one attached hydrogen (secondary N) is 1. The standard InChI is InChI=1S/C14H16N4O/c19-14-10-13(15-11-16-14)18-8-6-17(7-9-18)12-4-2-1-3-5-12/h1-5,10-11H,6-9H2,(H,15,16,19). The van der Waals surface area contributed by atoms with Gasteiger partial charge in [-0.1, -0.05) is 18.2 Å². The van der Waals surface area contributed by atoms with E-state index >= 15 is 0 Å². The number of anilines is 2. The second-order valence-corrected chi connectivity index (χ2v) is 4.58. The van der Waals surface area contributed by atoms with Gasteiger partial charge in [-0.2, -0.15) is 0 Å². The van der Waals surface area contributed by atoms with Crippen molar-refractivity contribution in [2.24, 2.45) is 0 Å². The van der Waals surface area contributed by atoms with Crippen molar-refractivity contribution < 1.29 is 0 Å². The third-order valence-electron chi connectivity index (χ3n) is 3.39. The largest absolute Gasteiger partial charge is 0.368 e. The van der Waals surface area contributed by atoms with E-state index in [1.807, 2.05) is 6.07 Å². The first-order valence-corrected chi connectivity index (χ1v) is 6.42. The maximum absolute atomic E-state index is 11.3. The van der Waals surface area contributed by atoms with Crippen LogP contribution in [0.4, 0.5) is 11.5 Å². The quantitative estimate of drug-likeness (QED) is 0.874. The molecule has 5 nitrogen and oxygen atoms in total. The molecule has 0 atom stereocenters. The summed E-state index contributed by atoms with van der Waals surface area (Å²) in [5, 5.41) is 0. The van der Waals surface area contributed by atoms with E-state index in [4.69, 9.17) is 0 Å². The number of H-pyrrole nitrogens is 1. The van der Waals surface area contributed by atoms with Crippen LogP contribution in [0.25, 0.3) is 0 Å². The van der Waals surface area contributed by atoms with Crippen LogP contribution < -0.4 is 15.4 Å². The number of piperazine rings is 1. The summed E-state index contributed by atoms with van der Waals surface area (Å²) >= 11 is 0. The Balaban J connectivity index is 1.68. The van der Waals surface area contributed by atoms with Gasteiger partial charge in [0, 0.05) is 37.9 Å². The Hall–Kier alpha value is -2.30. The first kappa shape index (κ1) is 11.8. The molecule has 0 saturated carbocycles. The van der Waals surface area contributed by atoms with Crippen LogP contribution in [0.5, 0.6) is 0 Å². The highest BCUT2D eigenvalue weighted by Gasteiger charge is 2.18. The van der Waals surface area contributed by atoms with Gasteiger partial charge in [-0.15, -0.1) is 0 Å². The first-order valence-electron chi connectivity index (χ1n) is 6.42. The zero-order valence-electron chi connectivity index (χ0n) is 10.6. The molecule has 1 aromatic carbocycles. The zero-order chi connectivity index (χ0) is 13.1. The molecule has 1 fully saturated rings. The van der Waals surface area contributed by atoms with Crippen LogP contribution in [0, 0.1) is 0 Å². The summed E-state index contributed by atoms with van der Waals surface area (Å²) in [5.41, 5.74) is 1.15. The Morgan fingerprint density at radius 3 is 2.37 bits per heavy atom. The molecule has 98 valence electrons. The highest BCUT2D eigenvalue weighted by molar-refractivity contribution is 5.48. The van der Waals surface area contributed by atoms with Crippen LogP contribution in [0.1, 0.15) is 0 Å². The summed E-state index contributed by atoms with van der Waals surface area (Å²) < 4.78 is 0. The molecule has 2 heterocycles. The molecule has 5 heteroatoms. The minimum atomic E-state index is -0.101. The van der Waals surface area contributed by atoms with Crippen molar-refractivity contribution in [3.05, 3.63) is 53.1 Å². The lowest BCUT2D eigenvalue weighted by atomic mass is 10.2. The van der Waals surface area contributed by atoms with E-state index in [2.05, 4.69) is 44.0 Å². The van der Waals surface area contributed by atoms with E-state index in [1.54, 1.807) is 6.07 Å². The summed E-state index contributed by atoms with van der Waals surface area (Å²) in [4.78, 5) is 22.5. The zero-order valence-corrected chi connectivity index (χ0v) is 10.6. The summed E-state index contributed by atoms with van der Waals surface area (Å²) in [6, 6.07) is 11.9. The van der Waals surface area contributed by atoms with Gasteiger partial charge in [0.05, 0.1) is 6.33 Å². The van der Waals surface area contributed by atoms with Crippen molar-refractivity contribution in [1.29, 1.82) is 0 Å². The lowest BCUT2D eigenvalue weighted by Gasteiger charge is -2.36. The van der Waals surface area contributed by atoms with Crippen LogP contribution in [-0.4, -0.2) is 36.1 Å². The van der Waals surface area contributed by atoms with Gasteiger partial charge in [0.1, 0.15) is 5.82 Å². The van der Waals surface area contributed by atoms with Gasteiger partial charge >= 0.3 is 0 Å². The van der Waals surface area contributed by atoms with Crippen LogP contribution in [-0.2, 0) is 0 Å². The van der Waals surface area contributed by atoms with Gasteiger partial charge < -0.3 is 14.8 Å². The lowest BCUT2D eigenvalue weighted by molar-refractivity contribution is 0.646. The van der Waals surface area contributed by atoms with Gasteiger partial charge in [0.25, 0.3) is 5.56 Å². The Labute approximate surface area is 111 Å². The number of hydrogen-bond acceptors (Lipinski definition) is 4. The monoisotopic (exact) mass is 256 g/mol. The predicted octanol–water partition coefficient (Wildman–Crippen LogP) is 1.10. The third-order valence-corrected chi connectivity index (χ3v) is 3.39. The Bertz CT molecular complexity index is 588. The first-order chi connectivity index (χ1) is 9.33. The molecule has 3 rings (SSSR count). The molecule has 0 aliphatic carbocycles. The molecule has 1 aliphatic rings. The van der Waals surface area contributed by atoms with Gasteiger partial charge in [-0.25, -0.2) is 4.98 Å². The maximum atomic E-state index is 11.3. The molecule has 0 bridgehead atoms. The van der Waals surface area contributed by atoms with E-state index < -0.39 is 0 Å². The molecule has 2 aromatic rings. The van der Waals surface area contributed by atoms with Crippen molar-refractivity contribution in [2.45, 2.75) is 0 Å². The molecular weight excluding hydrogens is 240 g/mol. The summed E-state index contributed by atoms with van der Waals surface area (Å²) in [7, 11) is 0. The van der Waals surface area contributed by atoms with Crippen LogP contribution in [0.3, 0.4) is 0 Å². The molecule has 1 aliphatic heterocycles. The molecule has 0 radical (unpaired) electrons. The van der Waals surface area contributed by atoms with E-state index in [-0.39, 0.29) is 5.56 Å². The Morgan fingerprint density at radius 1 is 1.00 bits per heavy atom.